The molecule has 1 rings (SSSR count). The van der Waals surface area contributed by atoms with Crippen LogP contribution < -0.4 is 0 Å². The summed E-state index contributed by atoms with van der Waals surface area (Å²) in [7, 11) is 4.15. The molecule has 3 heteroatoms. The number of rotatable bonds is 6. The van der Waals surface area contributed by atoms with Gasteiger partial charge in [0.25, 0.3) is 0 Å². The van der Waals surface area contributed by atoms with E-state index in [4.69, 9.17) is 0 Å². The molecule has 0 radical (unpaired) electrons. The minimum Gasteiger partial charge on any atom is -0.309 e. The predicted octanol–water partition coefficient (Wildman–Crippen LogP) is 2.93. The number of Topliss-reactive ketones (excluding diaryl/α,β-unsaturated/α-hetero) is 1. The Balaban J connectivity index is 2.48. The maximum atomic E-state index is 11.4. The van der Waals surface area contributed by atoms with Crippen molar-refractivity contribution in [1.82, 2.24) is 4.90 Å². The fourth-order valence-corrected chi connectivity index (χ4v) is 2.31. The summed E-state index contributed by atoms with van der Waals surface area (Å²) in [6.45, 7) is 2.96. The fourth-order valence-electron chi connectivity index (χ4n) is 1.29. The lowest BCUT2D eigenvalue weighted by molar-refractivity contribution is 0.0988. The highest BCUT2D eigenvalue weighted by atomic mass is 32.2. The SMILES string of the molecule is CCC(=O)c1ccc(SCCN(C)C)cc1. The molecule has 0 amide bonds. The summed E-state index contributed by atoms with van der Waals surface area (Å²) >= 11 is 1.82. The fraction of sp³-hybridized carbons (Fsp3) is 0.462. The van der Waals surface area contributed by atoms with Gasteiger partial charge in [-0.25, -0.2) is 0 Å². The third kappa shape index (κ3) is 4.37. The van der Waals surface area contributed by atoms with Crippen molar-refractivity contribution in [2.45, 2.75) is 18.2 Å². The van der Waals surface area contributed by atoms with Gasteiger partial charge in [0.05, 0.1) is 0 Å². The van der Waals surface area contributed by atoms with Crippen LogP contribution in [0.4, 0.5) is 0 Å². The summed E-state index contributed by atoms with van der Waals surface area (Å²) in [5.41, 5.74) is 0.819. The molecule has 16 heavy (non-hydrogen) atoms. The van der Waals surface area contributed by atoms with Gasteiger partial charge in [0, 0.05) is 29.2 Å². The van der Waals surface area contributed by atoms with E-state index in [0.29, 0.717) is 6.42 Å². The molecule has 0 bridgehead atoms. The Morgan fingerprint density at radius 2 is 1.88 bits per heavy atom. The third-order valence-corrected chi connectivity index (χ3v) is 3.30. The highest BCUT2D eigenvalue weighted by molar-refractivity contribution is 7.99. The van der Waals surface area contributed by atoms with Crippen molar-refractivity contribution < 1.29 is 4.79 Å². The van der Waals surface area contributed by atoms with Gasteiger partial charge in [0.2, 0.25) is 0 Å². The zero-order valence-corrected chi connectivity index (χ0v) is 11.0. The van der Waals surface area contributed by atoms with E-state index in [-0.39, 0.29) is 5.78 Å². The van der Waals surface area contributed by atoms with Gasteiger partial charge < -0.3 is 4.90 Å². The van der Waals surface area contributed by atoms with Gasteiger partial charge >= 0.3 is 0 Å². The molecule has 0 saturated heterocycles. The number of carbonyl (C=O) groups is 1. The van der Waals surface area contributed by atoms with Crippen molar-refractivity contribution >= 4 is 17.5 Å². The first kappa shape index (κ1) is 13.3. The molecule has 0 saturated carbocycles. The van der Waals surface area contributed by atoms with Crippen LogP contribution in [-0.2, 0) is 0 Å². The molecule has 0 heterocycles. The molecule has 2 nitrogen and oxygen atoms in total. The minimum absolute atomic E-state index is 0.213. The summed E-state index contributed by atoms with van der Waals surface area (Å²) in [5, 5.41) is 0. The van der Waals surface area contributed by atoms with Crippen LogP contribution in [0.2, 0.25) is 0 Å². The molecule has 0 atom stereocenters. The minimum atomic E-state index is 0.213. The highest BCUT2D eigenvalue weighted by Gasteiger charge is 2.02. The molecule has 0 fully saturated rings. The van der Waals surface area contributed by atoms with Crippen molar-refractivity contribution in [3.8, 4) is 0 Å². The number of hydrogen-bond acceptors (Lipinski definition) is 3. The Hall–Kier alpha value is -0.800. The molecule has 1 aromatic carbocycles. The van der Waals surface area contributed by atoms with Crippen LogP contribution in [-0.4, -0.2) is 37.1 Å². The maximum Gasteiger partial charge on any atom is 0.162 e. The Morgan fingerprint density at radius 1 is 1.25 bits per heavy atom. The zero-order valence-electron chi connectivity index (χ0n) is 10.2. The Morgan fingerprint density at radius 3 is 2.38 bits per heavy atom. The summed E-state index contributed by atoms with van der Waals surface area (Å²) in [6.07, 6.45) is 0.577. The van der Waals surface area contributed by atoms with Gasteiger partial charge in [-0.1, -0.05) is 19.1 Å². The van der Waals surface area contributed by atoms with Crippen LogP contribution in [0.25, 0.3) is 0 Å². The Bertz CT molecular complexity index is 332. The largest absolute Gasteiger partial charge is 0.309 e. The lowest BCUT2D eigenvalue weighted by atomic mass is 10.1. The normalized spacial score (nSPS) is 10.8. The van der Waals surface area contributed by atoms with Crippen LogP contribution in [0, 0.1) is 0 Å². The number of carbonyl (C=O) groups excluding carboxylic acids is 1. The van der Waals surface area contributed by atoms with Crippen LogP contribution in [0.5, 0.6) is 0 Å². The van der Waals surface area contributed by atoms with Gasteiger partial charge in [-0.2, -0.15) is 0 Å². The van der Waals surface area contributed by atoms with E-state index >= 15 is 0 Å². The molecular formula is C13H19NOS. The van der Waals surface area contributed by atoms with Crippen molar-refractivity contribution in [3.05, 3.63) is 29.8 Å². The second-order valence-electron chi connectivity index (χ2n) is 3.95. The van der Waals surface area contributed by atoms with Crippen molar-refractivity contribution in [1.29, 1.82) is 0 Å². The average molecular weight is 237 g/mol. The van der Waals surface area contributed by atoms with Crippen LogP contribution in [0.15, 0.2) is 29.2 Å². The van der Waals surface area contributed by atoms with E-state index in [2.05, 4.69) is 19.0 Å². The molecule has 0 N–H and O–H groups in total. The van der Waals surface area contributed by atoms with Crippen LogP contribution >= 0.6 is 11.8 Å². The molecule has 0 aliphatic carbocycles. The quantitative estimate of drug-likeness (QED) is 0.560. The van der Waals surface area contributed by atoms with E-state index < -0.39 is 0 Å². The summed E-state index contributed by atoms with van der Waals surface area (Å²) in [5.74, 6) is 1.29. The van der Waals surface area contributed by atoms with E-state index in [1.54, 1.807) is 0 Å². The maximum absolute atomic E-state index is 11.4. The first-order valence-corrected chi connectivity index (χ1v) is 6.53. The lowest BCUT2D eigenvalue weighted by Gasteiger charge is -2.08. The van der Waals surface area contributed by atoms with E-state index in [1.165, 1.54) is 4.90 Å². The monoisotopic (exact) mass is 237 g/mol. The number of ketones is 1. The van der Waals surface area contributed by atoms with E-state index in [1.807, 2.05) is 43.0 Å². The molecule has 0 aromatic heterocycles. The zero-order chi connectivity index (χ0) is 12.0. The number of benzene rings is 1. The van der Waals surface area contributed by atoms with Crippen molar-refractivity contribution in [3.63, 3.8) is 0 Å². The van der Waals surface area contributed by atoms with E-state index in [0.717, 1.165) is 17.9 Å². The first-order chi connectivity index (χ1) is 7.63. The second-order valence-corrected chi connectivity index (χ2v) is 5.12. The molecule has 1 aromatic rings. The Kier molecular flexibility index (Phi) is 5.56. The van der Waals surface area contributed by atoms with Crippen molar-refractivity contribution in [2.75, 3.05) is 26.4 Å². The smallest absolute Gasteiger partial charge is 0.162 e. The second kappa shape index (κ2) is 6.71. The molecule has 0 aliphatic rings. The topological polar surface area (TPSA) is 20.3 Å². The van der Waals surface area contributed by atoms with Gasteiger partial charge in [0.1, 0.15) is 0 Å². The average Bonchev–Trinajstić information content (AvgIpc) is 2.28. The van der Waals surface area contributed by atoms with Crippen LogP contribution in [0.3, 0.4) is 0 Å². The first-order valence-electron chi connectivity index (χ1n) is 5.54. The van der Waals surface area contributed by atoms with Crippen molar-refractivity contribution in [2.24, 2.45) is 0 Å². The molecular weight excluding hydrogens is 218 g/mol. The number of hydrogen-bond donors (Lipinski definition) is 0. The number of thioether (sulfide) groups is 1. The summed E-state index contributed by atoms with van der Waals surface area (Å²) in [4.78, 5) is 14.8. The van der Waals surface area contributed by atoms with Gasteiger partial charge in [-0.05, 0) is 26.2 Å². The molecule has 88 valence electrons. The van der Waals surface area contributed by atoms with Gasteiger partial charge in [-0.3, -0.25) is 4.79 Å². The van der Waals surface area contributed by atoms with Gasteiger partial charge in [-0.15, -0.1) is 11.8 Å². The Labute approximate surface area is 102 Å². The lowest BCUT2D eigenvalue weighted by Crippen LogP contribution is -2.14. The van der Waals surface area contributed by atoms with Gasteiger partial charge in [0.15, 0.2) is 5.78 Å². The summed E-state index contributed by atoms with van der Waals surface area (Å²) in [6, 6.07) is 7.90. The third-order valence-electron chi connectivity index (χ3n) is 2.30. The predicted molar refractivity (Wildman–Crippen MR) is 70.3 cm³/mol. The summed E-state index contributed by atoms with van der Waals surface area (Å²) < 4.78 is 0. The van der Waals surface area contributed by atoms with E-state index in [9.17, 15) is 4.79 Å². The highest BCUT2D eigenvalue weighted by Crippen LogP contribution is 2.18. The molecule has 0 aliphatic heterocycles. The standard InChI is InChI=1S/C13H19NOS/c1-4-13(15)11-5-7-12(8-6-11)16-10-9-14(2)3/h5-8H,4,9-10H2,1-3H3. The molecule has 0 unspecified atom stereocenters. The molecule has 0 spiro atoms. The number of nitrogens with zero attached hydrogens (tertiary/aromatic N) is 1. The van der Waals surface area contributed by atoms with Crippen LogP contribution in [0.1, 0.15) is 23.7 Å².